The second-order valence-corrected chi connectivity index (χ2v) is 8.69. The summed E-state index contributed by atoms with van der Waals surface area (Å²) in [6.45, 7) is 3.65. The molecule has 9 heteroatoms. The molecule has 1 amide bonds. The molecule has 0 aliphatic heterocycles. The van der Waals surface area contributed by atoms with Crippen LogP contribution in [0.4, 0.5) is 5.69 Å². The summed E-state index contributed by atoms with van der Waals surface area (Å²) in [5, 5.41) is 6.86. The van der Waals surface area contributed by atoms with Crippen molar-refractivity contribution in [1.82, 2.24) is 19.1 Å². The summed E-state index contributed by atoms with van der Waals surface area (Å²) >= 11 is 0. The lowest BCUT2D eigenvalue weighted by atomic mass is 10.1. The van der Waals surface area contributed by atoms with Crippen LogP contribution in [-0.4, -0.2) is 47.5 Å². The first kappa shape index (κ1) is 19.7. The second kappa shape index (κ2) is 7.53. The number of sulfonamides is 1. The molecule has 146 valence electrons. The molecular formula is C19H21N5O3S. The summed E-state index contributed by atoms with van der Waals surface area (Å²) in [7, 11) is -0.660. The van der Waals surface area contributed by atoms with Gasteiger partial charge in [0.25, 0.3) is 5.91 Å². The van der Waals surface area contributed by atoms with Crippen LogP contribution in [0, 0.1) is 13.8 Å². The van der Waals surface area contributed by atoms with Crippen molar-refractivity contribution < 1.29 is 13.2 Å². The molecule has 1 aromatic heterocycles. The minimum absolute atomic E-state index is 0.137. The van der Waals surface area contributed by atoms with Crippen molar-refractivity contribution in [1.29, 1.82) is 0 Å². The van der Waals surface area contributed by atoms with Gasteiger partial charge in [0.2, 0.25) is 10.0 Å². The Morgan fingerprint density at radius 3 is 2.36 bits per heavy atom. The van der Waals surface area contributed by atoms with E-state index in [0.717, 1.165) is 21.1 Å². The normalized spacial score (nSPS) is 11.6. The highest BCUT2D eigenvalue weighted by Crippen LogP contribution is 2.26. The molecule has 0 spiro atoms. The maximum atomic E-state index is 12.7. The van der Waals surface area contributed by atoms with Crippen molar-refractivity contribution in [3.63, 3.8) is 0 Å². The minimum Gasteiger partial charge on any atom is -0.322 e. The van der Waals surface area contributed by atoms with Crippen molar-refractivity contribution in [2.75, 3.05) is 19.4 Å². The lowest BCUT2D eigenvalue weighted by Crippen LogP contribution is -2.23. The van der Waals surface area contributed by atoms with Crippen LogP contribution in [0.1, 0.15) is 21.5 Å². The Kier molecular flexibility index (Phi) is 5.30. The van der Waals surface area contributed by atoms with E-state index in [9.17, 15) is 13.2 Å². The quantitative estimate of drug-likeness (QED) is 0.710. The van der Waals surface area contributed by atoms with E-state index in [0.29, 0.717) is 11.3 Å². The SMILES string of the molecule is Cc1cc(S(=O)(=O)N(C)C)cc(NC(=O)c2ccc(-n3cncn3)cc2)c1C. The van der Waals surface area contributed by atoms with E-state index < -0.39 is 10.0 Å². The van der Waals surface area contributed by atoms with Gasteiger partial charge in [-0.3, -0.25) is 4.79 Å². The molecule has 8 nitrogen and oxygen atoms in total. The zero-order chi connectivity index (χ0) is 20.5. The lowest BCUT2D eigenvalue weighted by Gasteiger charge is -2.16. The van der Waals surface area contributed by atoms with E-state index in [4.69, 9.17) is 0 Å². The Morgan fingerprint density at radius 1 is 1.11 bits per heavy atom. The third-order valence-electron chi connectivity index (χ3n) is 4.48. The van der Waals surface area contributed by atoms with Crippen LogP contribution < -0.4 is 5.32 Å². The van der Waals surface area contributed by atoms with E-state index in [-0.39, 0.29) is 10.8 Å². The van der Waals surface area contributed by atoms with Gasteiger partial charge < -0.3 is 5.32 Å². The first-order valence-corrected chi connectivity index (χ1v) is 9.94. The number of benzene rings is 2. The molecule has 0 saturated heterocycles. The lowest BCUT2D eigenvalue weighted by molar-refractivity contribution is 0.102. The van der Waals surface area contributed by atoms with E-state index in [1.165, 1.54) is 26.5 Å². The van der Waals surface area contributed by atoms with Gasteiger partial charge in [-0.15, -0.1) is 0 Å². The zero-order valence-electron chi connectivity index (χ0n) is 16.0. The summed E-state index contributed by atoms with van der Waals surface area (Å²) < 4.78 is 27.6. The monoisotopic (exact) mass is 399 g/mol. The number of amides is 1. The highest BCUT2D eigenvalue weighted by atomic mass is 32.2. The standard InChI is InChI=1S/C19H21N5O3S/c1-13-9-17(28(26,27)23(3)4)10-18(14(13)2)22-19(25)15-5-7-16(8-6-15)24-12-20-11-21-24/h5-12H,1-4H3,(H,22,25). The van der Waals surface area contributed by atoms with Gasteiger partial charge in [-0.05, 0) is 61.4 Å². The largest absolute Gasteiger partial charge is 0.322 e. The second-order valence-electron chi connectivity index (χ2n) is 6.54. The average molecular weight is 399 g/mol. The summed E-state index contributed by atoms with van der Waals surface area (Å²) in [5.74, 6) is -0.327. The molecule has 3 rings (SSSR count). The van der Waals surface area contributed by atoms with Crippen LogP contribution >= 0.6 is 0 Å². The van der Waals surface area contributed by atoms with Crippen molar-refractivity contribution in [2.45, 2.75) is 18.7 Å². The Labute approximate surface area is 163 Å². The zero-order valence-corrected chi connectivity index (χ0v) is 16.9. The summed E-state index contributed by atoms with van der Waals surface area (Å²) in [6, 6.07) is 9.96. The van der Waals surface area contributed by atoms with Crippen molar-refractivity contribution in [2.24, 2.45) is 0 Å². The number of carbonyl (C=O) groups is 1. The van der Waals surface area contributed by atoms with Gasteiger partial charge in [0, 0.05) is 25.3 Å². The molecule has 0 saturated carbocycles. The molecule has 3 aromatic rings. The van der Waals surface area contributed by atoms with Crippen molar-refractivity contribution >= 4 is 21.6 Å². The number of carbonyl (C=O) groups excluding carboxylic acids is 1. The van der Waals surface area contributed by atoms with Gasteiger partial charge >= 0.3 is 0 Å². The molecule has 1 heterocycles. The number of aromatic nitrogens is 3. The number of nitrogens with zero attached hydrogens (tertiary/aromatic N) is 4. The van der Waals surface area contributed by atoms with Crippen molar-refractivity contribution in [3.8, 4) is 5.69 Å². The molecule has 2 aromatic carbocycles. The highest BCUT2D eigenvalue weighted by molar-refractivity contribution is 7.89. The van der Waals surface area contributed by atoms with E-state index in [1.807, 2.05) is 13.8 Å². The number of anilines is 1. The Balaban J connectivity index is 1.89. The molecule has 0 aliphatic carbocycles. The summed E-state index contributed by atoms with van der Waals surface area (Å²) in [4.78, 5) is 16.7. The number of nitrogens with one attached hydrogen (secondary N) is 1. The number of hydrogen-bond donors (Lipinski definition) is 1. The molecule has 0 atom stereocenters. The molecule has 0 fully saturated rings. The van der Waals surface area contributed by atoms with Crippen LogP contribution in [0.3, 0.4) is 0 Å². The molecule has 0 bridgehead atoms. The third-order valence-corrected chi connectivity index (χ3v) is 6.27. The smallest absolute Gasteiger partial charge is 0.255 e. The molecule has 0 unspecified atom stereocenters. The molecule has 0 aliphatic rings. The van der Waals surface area contributed by atoms with Crippen LogP contribution in [-0.2, 0) is 10.0 Å². The molecular weight excluding hydrogens is 378 g/mol. The van der Waals surface area contributed by atoms with Gasteiger partial charge in [-0.2, -0.15) is 5.10 Å². The minimum atomic E-state index is -3.60. The predicted molar refractivity (Wildman–Crippen MR) is 106 cm³/mol. The predicted octanol–water partition coefficient (Wildman–Crippen LogP) is 2.39. The molecule has 1 N–H and O–H groups in total. The summed E-state index contributed by atoms with van der Waals surface area (Å²) in [6.07, 6.45) is 3.00. The first-order chi connectivity index (χ1) is 13.2. The summed E-state index contributed by atoms with van der Waals surface area (Å²) in [5.41, 5.74) is 3.28. The van der Waals surface area contributed by atoms with Gasteiger partial charge in [-0.1, -0.05) is 0 Å². The molecule has 0 radical (unpaired) electrons. The van der Waals surface area contributed by atoms with Crippen LogP contribution in [0.25, 0.3) is 5.69 Å². The Morgan fingerprint density at radius 2 is 1.79 bits per heavy atom. The first-order valence-electron chi connectivity index (χ1n) is 8.50. The van der Waals surface area contributed by atoms with E-state index in [1.54, 1.807) is 41.3 Å². The van der Waals surface area contributed by atoms with E-state index in [2.05, 4.69) is 15.4 Å². The van der Waals surface area contributed by atoms with Crippen LogP contribution in [0.15, 0.2) is 53.9 Å². The fraction of sp³-hybridized carbons (Fsp3) is 0.211. The number of hydrogen-bond acceptors (Lipinski definition) is 5. The van der Waals surface area contributed by atoms with Crippen LogP contribution in [0.2, 0.25) is 0 Å². The van der Waals surface area contributed by atoms with Gasteiger partial charge in [0.15, 0.2) is 0 Å². The average Bonchev–Trinajstić information content (AvgIpc) is 3.19. The fourth-order valence-corrected chi connectivity index (χ4v) is 3.63. The Hall–Kier alpha value is -3.04. The third kappa shape index (κ3) is 3.80. The van der Waals surface area contributed by atoms with Crippen LogP contribution in [0.5, 0.6) is 0 Å². The van der Waals surface area contributed by atoms with Crippen molar-refractivity contribution in [3.05, 3.63) is 65.7 Å². The maximum absolute atomic E-state index is 12.7. The number of rotatable bonds is 5. The Bertz CT molecular complexity index is 1110. The number of aryl methyl sites for hydroxylation is 1. The van der Waals surface area contributed by atoms with Gasteiger partial charge in [-0.25, -0.2) is 22.4 Å². The van der Waals surface area contributed by atoms with Gasteiger partial charge in [0.1, 0.15) is 12.7 Å². The molecule has 28 heavy (non-hydrogen) atoms. The fourth-order valence-electron chi connectivity index (χ4n) is 2.62. The van der Waals surface area contributed by atoms with Gasteiger partial charge in [0.05, 0.1) is 10.6 Å². The van der Waals surface area contributed by atoms with E-state index >= 15 is 0 Å². The maximum Gasteiger partial charge on any atom is 0.255 e. The highest BCUT2D eigenvalue weighted by Gasteiger charge is 2.20. The topological polar surface area (TPSA) is 97.2 Å².